The van der Waals surface area contributed by atoms with Crippen LogP contribution >= 0.6 is 15.9 Å². The Morgan fingerprint density at radius 2 is 1.84 bits per heavy atom. The molecule has 0 bridgehead atoms. The lowest BCUT2D eigenvalue weighted by Crippen LogP contribution is -2.29. The van der Waals surface area contributed by atoms with E-state index in [2.05, 4.69) is 82.2 Å². The minimum atomic E-state index is -3.63. The molecule has 0 radical (unpaired) electrons. The molecule has 1 aliphatic rings. The number of anilines is 6. The van der Waals surface area contributed by atoms with Crippen LogP contribution in [0.5, 0.6) is 5.75 Å². The number of fused-ring (bicyclic) bond motifs is 4. The van der Waals surface area contributed by atoms with Crippen LogP contribution in [-0.2, 0) is 23.5 Å². The van der Waals surface area contributed by atoms with Crippen molar-refractivity contribution in [3.05, 3.63) is 59.2 Å². The van der Waals surface area contributed by atoms with Crippen molar-refractivity contribution in [2.75, 3.05) is 46.7 Å². The number of sulfonamides is 1. The lowest BCUT2D eigenvalue weighted by Gasteiger charge is -2.28. The fourth-order valence-electron chi connectivity index (χ4n) is 5.48. The van der Waals surface area contributed by atoms with Crippen molar-refractivity contribution >= 4 is 71.5 Å². The second-order valence-electron chi connectivity index (χ2n) is 11.2. The summed E-state index contributed by atoms with van der Waals surface area (Å²) in [7, 11) is -0.0150. The lowest BCUT2D eigenvalue weighted by atomic mass is 10.0. The van der Waals surface area contributed by atoms with E-state index in [-0.39, 0.29) is 5.69 Å². The standard InChI is InChI=1S/C30H33BrN10O3S/c1-17(2)16-41-11-8-24-19(14-35-40(24)3)18-12-23(26(44-4)13-25(18)41)37-30-34-15-20(31)29(38-30)36-22-7-6-21-27(33-10-9-32-21)28(22)39-45(5,42)43/h6-7,9-10,12-15,17,39H,8,11,16H2,1-5H3,(H2,34,36,37,38). The third-order valence-electron chi connectivity index (χ3n) is 7.39. The van der Waals surface area contributed by atoms with Gasteiger partial charge in [-0.3, -0.25) is 19.4 Å². The summed E-state index contributed by atoms with van der Waals surface area (Å²) in [6.07, 6.45) is 8.54. The predicted octanol–water partition coefficient (Wildman–Crippen LogP) is 5.47. The summed E-state index contributed by atoms with van der Waals surface area (Å²) in [6.45, 7) is 6.21. The van der Waals surface area contributed by atoms with E-state index in [1.165, 1.54) is 11.9 Å². The summed E-state index contributed by atoms with van der Waals surface area (Å²) in [5, 5.41) is 11.1. The largest absolute Gasteiger partial charge is 0.494 e. The number of nitrogens with one attached hydrogen (secondary N) is 3. The van der Waals surface area contributed by atoms with E-state index in [1.807, 2.05) is 17.9 Å². The van der Waals surface area contributed by atoms with Gasteiger partial charge in [0.1, 0.15) is 17.1 Å². The smallest absolute Gasteiger partial charge is 0.229 e. The van der Waals surface area contributed by atoms with Crippen LogP contribution in [0, 0.1) is 5.92 Å². The van der Waals surface area contributed by atoms with E-state index in [0.29, 0.717) is 50.3 Å². The highest BCUT2D eigenvalue weighted by molar-refractivity contribution is 9.10. The van der Waals surface area contributed by atoms with Crippen LogP contribution in [0.2, 0.25) is 0 Å². The molecule has 4 heterocycles. The SMILES string of the molecule is COc1cc2c(cc1Nc1ncc(Br)c(Nc3ccc4nccnc4c3NS(C)(=O)=O)n1)-c1cnn(C)c1CCN2CC(C)C. The predicted molar refractivity (Wildman–Crippen MR) is 180 cm³/mol. The summed E-state index contributed by atoms with van der Waals surface area (Å²) in [6, 6.07) is 7.58. The first-order valence-corrected chi connectivity index (χ1v) is 17.0. The van der Waals surface area contributed by atoms with E-state index in [4.69, 9.17) is 9.72 Å². The maximum Gasteiger partial charge on any atom is 0.229 e. The van der Waals surface area contributed by atoms with Crippen LogP contribution < -0.4 is 25.0 Å². The first-order chi connectivity index (χ1) is 21.5. The second-order valence-corrected chi connectivity index (χ2v) is 13.8. The number of rotatable bonds is 9. The summed E-state index contributed by atoms with van der Waals surface area (Å²) in [5.41, 5.74) is 6.70. The number of halogens is 1. The highest BCUT2D eigenvalue weighted by atomic mass is 79.9. The van der Waals surface area contributed by atoms with Crippen molar-refractivity contribution < 1.29 is 13.2 Å². The number of benzene rings is 2. The van der Waals surface area contributed by atoms with Crippen molar-refractivity contribution in [1.82, 2.24) is 29.7 Å². The van der Waals surface area contributed by atoms with Gasteiger partial charge in [-0.25, -0.2) is 13.4 Å². The number of hydrogen-bond acceptors (Lipinski definition) is 11. The van der Waals surface area contributed by atoms with Crippen LogP contribution in [0.3, 0.4) is 0 Å². The van der Waals surface area contributed by atoms with Gasteiger partial charge in [0.25, 0.3) is 0 Å². The van der Waals surface area contributed by atoms with Gasteiger partial charge in [-0.2, -0.15) is 10.1 Å². The molecule has 0 aliphatic carbocycles. The quantitative estimate of drug-likeness (QED) is 0.180. The second kappa shape index (κ2) is 12.1. The molecule has 234 valence electrons. The Morgan fingerprint density at radius 3 is 2.60 bits per heavy atom. The molecular weight excluding hydrogens is 660 g/mol. The fourth-order valence-corrected chi connectivity index (χ4v) is 6.35. The normalized spacial score (nSPS) is 12.9. The van der Waals surface area contributed by atoms with Crippen molar-refractivity contribution in [2.45, 2.75) is 20.3 Å². The monoisotopic (exact) mass is 692 g/mol. The first-order valence-electron chi connectivity index (χ1n) is 14.3. The van der Waals surface area contributed by atoms with Crippen LogP contribution in [-0.4, -0.2) is 64.6 Å². The molecule has 3 N–H and O–H groups in total. The number of ether oxygens (including phenoxy) is 1. The molecule has 0 saturated heterocycles. The van der Waals surface area contributed by atoms with Gasteiger partial charge in [0.15, 0.2) is 0 Å². The third-order valence-corrected chi connectivity index (χ3v) is 8.54. The van der Waals surface area contributed by atoms with Crippen LogP contribution in [0.4, 0.5) is 34.5 Å². The van der Waals surface area contributed by atoms with Crippen molar-refractivity contribution in [2.24, 2.45) is 13.0 Å². The van der Waals surface area contributed by atoms with Crippen molar-refractivity contribution in [3.8, 4) is 16.9 Å². The van der Waals surface area contributed by atoms with E-state index >= 15 is 0 Å². The van der Waals surface area contributed by atoms with Crippen LogP contribution in [0.25, 0.3) is 22.2 Å². The minimum absolute atomic E-state index is 0.258. The van der Waals surface area contributed by atoms with Crippen molar-refractivity contribution in [1.29, 1.82) is 0 Å². The van der Waals surface area contributed by atoms with E-state index in [0.717, 1.165) is 42.6 Å². The number of aromatic nitrogens is 6. The Bertz CT molecular complexity index is 2020. The summed E-state index contributed by atoms with van der Waals surface area (Å²) in [4.78, 5) is 20.3. The van der Waals surface area contributed by atoms with Gasteiger partial charge in [0.05, 0.1) is 46.6 Å². The Kier molecular flexibility index (Phi) is 8.22. The molecular formula is C30H33BrN10O3S. The van der Waals surface area contributed by atoms with E-state index in [1.54, 1.807) is 31.6 Å². The topological polar surface area (TPSA) is 152 Å². The Hall–Kier alpha value is -4.50. The zero-order valence-corrected chi connectivity index (χ0v) is 27.9. The maximum absolute atomic E-state index is 12.3. The van der Waals surface area contributed by atoms with Crippen LogP contribution in [0.15, 0.2) is 53.5 Å². The first kappa shape index (κ1) is 30.5. The van der Waals surface area contributed by atoms with Crippen molar-refractivity contribution in [3.63, 3.8) is 0 Å². The summed E-state index contributed by atoms with van der Waals surface area (Å²) >= 11 is 3.52. The number of aryl methyl sites for hydroxylation is 1. The van der Waals surface area contributed by atoms with Crippen LogP contribution in [0.1, 0.15) is 19.5 Å². The molecule has 0 fully saturated rings. The van der Waals surface area contributed by atoms with E-state index < -0.39 is 10.0 Å². The zero-order chi connectivity index (χ0) is 31.9. The summed E-state index contributed by atoms with van der Waals surface area (Å²) in [5.74, 6) is 1.82. The molecule has 0 atom stereocenters. The molecule has 0 unspecified atom stereocenters. The Balaban J connectivity index is 1.39. The molecule has 5 aromatic rings. The van der Waals surface area contributed by atoms with Gasteiger partial charge in [-0.15, -0.1) is 0 Å². The zero-order valence-electron chi connectivity index (χ0n) is 25.5. The average Bonchev–Trinajstić information content (AvgIpc) is 3.29. The molecule has 1 aliphatic heterocycles. The fraction of sp³-hybridized carbons (Fsp3) is 0.300. The van der Waals surface area contributed by atoms with Gasteiger partial charge < -0.3 is 20.3 Å². The molecule has 0 spiro atoms. The van der Waals surface area contributed by atoms with Gasteiger partial charge >= 0.3 is 0 Å². The molecule has 0 amide bonds. The molecule has 13 nitrogen and oxygen atoms in total. The molecule has 2 aromatic carbocycles. The van der Waals surface area contributed by atoms with Gasteiger partial charge in [0, 0.05) is 73.7 Å². The molecule has 0 saturated carbocycles. The minimum Gasteiger partial charge on any atom is -0.494 e. The Morgan fingerprint density at radius 1 is 1.04 bits per heavy atom. The number of hydrogen-bond donors (Lipinski definition) is 3. The molecule has 15 heteroatoms. The highest BCUT2D eigenvalue weighted by Gasteiger charge is 2.26. The highest BCUT2D eigenvalue weighted by Crippen LogP contribution is 2.43. The maximum atomic E-state index is 12.3. The lowest BCUT2D eigenvalue weighted by molar-refractivity contribution is 0.416. The van der Waals surface area contributed by atoms with Gasteiger partial charge in [-0.05, 0) is 40.0 Å². The number of methoxy groups -OCH3 is 1. The van der Waals surface area contributed by atoms with E-state index in [9.17, 15) is 8.42 Å². The van der Waals surface area contributed by atoms with Gasteiger partial charge in [-0.1, -0.05) is 13.8 Å². The molecule has 6 rings (SSSR count). The van der Waals surface area contributed by atoms with Gasteiger partial charge in [0.2, 0.25) is 16.0 Å². The molecule has 45 heavy (non-hydrogen) atoms. The third kappa shape index (κ3) is 6.35. The average molecular weight is 694 g/mol. The molecule has 3 aromatic heterocycles. The summed E-state index contributed by atoms with van der Waals surface area (Å²) < 4.78 is 35.4. The number of nitrogens with zero attached hydrogens (tertiary/aromatic N) is 7. The Labute approximate surface area is 269 Å².